The van der Waals surface area contributed by atoms with Gasteiger partial charge >= 0.3 is 5.97 Å². The second kappa shape index (κ2) is 5.41. The van der Waals surface area contributed by atoms with E-state index in [1.54, 1.807) is 0 Å². The summed E-state index contributed by atoms with van der Waals surface area (Å²) in [5.74, 6) is -2.64. The van der Waals surface area contributed by atoms with Crippen molar-refractivity contribution in [3.05, 3.63) is 23.5 Å². The minimum atomic E-state index is -4.25. The monoisotopic (exact) mass is 316 g/mol. The van der Waals surface area contributed by atoms with Gasteiger partial charge in [-0.25, -0.2) is 12.8 Å². The van der Waals surface area contributed by atoms with E-state index in [1.807, 2.05) is 0 Å². The molecule has 0 fully saturated rings. The molecule has 1 aliphatic heterocycles. The molecule has 0 unspecified atom stereocenters. The Bertz CT molecular complexity index is 717. The summed E-state index contributed by atoms with van der Waals surface area (Å²) >= 11 is 0. The van der Waals surface area contributed by atoms with Crippen LogP contribution in [0, 0.1) is 5.82 Å². The molecule has 0 saturated heterocycles. The van der Waals surface area contributed by atoms with Gasteiger partial charge in [0.25, 0.3) is 0 Å². The van der Waals surface area contributed by atoms with E-state index in [4.69, 9.17) is 5.11 Å². The number of halogens is 1. The van der Waals surface area contributed by atoms with Crippen LogP contribution in [0.2, 0.25) is 0 Å². The zero-order valence-corrected chi connectivity index (χ0v) is 11.9. The standard InChI is InChI=1S/C12H13FN2O5S/c1-15(6-12(17)18)21(19,20)10-4-7-2-3-11(16)14-9(7)5-8(10)13/h4-5H,2-3,6H2,1H3,(H,14,16)(H,17,18). The van der Waals surface area contributed by atoms with Crippen molar-refractivity contribution in [2.45, 2.75) is 17.7 Å². The number of rotatable bonds is 4. The highest BCUT2D eigenvalue weighted by atomic mass is 32.2. The van der Waals surface area contributed by atoms with Crippen molar-refractivity contribution < 1.29 is 27.5 Å². The lowest BCUT2D eigenvalue weighted by molar-refractivity contribution is -0.137. The van der Waals surface area contributed by atoms with Crippen LogP contribution in [0.25, 0.3) is 0 Å². The van der Waals surface area contributed by atoms with Gasteiger partial charge in [-0.2, -0.15) is 4.31 Å². The van der Waals surface area contributed by atoms with Crippen LogP contribution < -0.4 is 5.32 Å². The van der Waals surface area contributed by atoms with Crippen molar-refractivity contribution in [1.82, 2.24) is 4.31 Å². The summed E-state index contributed by atoms with van der Waals surface area (Å²) in [4.78, 5) is 21.2. The van der Waals surface area contributed by atoms with Gasteiger partial charge < -0.3 is 10.4 Å². The lowest BCUT2D eigenvalue weighted by atomic mass is 10.0. The highest BCUT2D eigenvalue weighted by molar-refractivity contribution is 7.89. The molecule has 0 spiro atoms. The van der Waals surface area contributed by atoms with Gasteiger partial charge in [0.15, 0.2) is 0 Å². The molecule has 9 heteroatoms. The molecule has 1 aromatic carbocycles. The van der Waals surface area contributed by atoms with Crippen LogP contribution in [0.4, 0.5) is 10.1 Å². The predicted molar refractivity (Wildman–Crippen MR) is 70.8 cm³/mol. The van der Waals surface area contributed by atoms with Crippen molar-refractivity contribution >= 4 is 27.6 Å². The Hall–Kier alpha value is -2.00. The Balaban J connectivity index is 2.45. The van der Waals surface area contributed by atoms with Crippen molar-refractivity contribution in [2.75, 3.05) is 18.9 Å². The number of fused-ring (bicyclic) bond motifs is 1. The Morgan fingerprint density at radius 1 is 1.43 bits per heavy atom. The van der Waals surface area contributed by atoms with Gasteiger partial charge in [0.05, 0.1) is 0 Å². The van der Waals surface area contributed by atoms with Gasteiger partial charge in [-0.05, 0) is 24.1 Å². The van der Waals surface area contributed by atoms with Gasteiger partial charge in [0.1, 0.15) is 17.3 Å². The second-order valence-corrected chi connectivity index (χ2v) is 6.66. The Kier molecular flexibility index (Phi) is 3.97. The van der Waals surface area contributed by atoms with Gasteiger partial charge in [-0.1, -0.05) is 0 Å². The largest absolute Gasteiger partial charge is 0.480 e. The molecule has 0 saturated carbocycles. The van der Waals surface area contributed by atoms with Crippen molar-refractivity contribution in [3.63, 3.8) is 0 Å². The number of anilines is 1. The first kappa shape index (κ1) is 15.4. The first-order valence-electron chi connectivity index (χ1n) is 6.02. The number of aryl methyl sites for hydroxylation is 1. The number of amides is 1. The molecule has 1 amide bonds. The molecule has 0 atom stereocenters. The van der Waals surface area contributed by atoms with Crippen LogP contribution in [0.1, 0.15) is 12.0 Å². The van der Waals surface area contributed by atoms with E-state index in [0.717, 1.165) is 19.2 Å². The number of carbonyl (C=O) groups excluding carboxylic acids is 1. The number of carboxylic acids is 1. The van der Waals surface area contributed by atoms with Crippen molar-refractivity contribution in [1.29, 1.82) is 0 Å². The number of carbonyl (C=O) groups is 2. The van der Waals surface area contributed by atoms with E-state index < -0.39 is 33.3 Å². The maximum atomic E-state index is 14.0. The number of likely N-dealkylation sites (N-methyl/N-ethyl adjacent to an activating group) is 1. The number of benzene rings is 1. The number of nitrogens with zero attached hydrogens (tertiary/aromatic N) is 1. The summed E-state index contributed by atoms with van der Waals surface area (Å²) in [5, 5.41) is 11.1. The highest BCUT2D eigenvalue weighted by Gasteiger charge is 2.28. The summed E-state index contributed by atoms with van der Waals surface area (Å²) in [6.07, 6.45) is 0.482. The van der Waals surface area contributed by atoms with Gasteiger partial charge in [-0.3, -0.25) is 9.59 Å². The summed E-state index contributed by atoms with van der Waals surface area (Å²) in [7, 11) is -3.19. The third-order valence-electron chi connectivity index (χ3n) is 3.10. The normalized spacial score (nSPS) is 14.7. The fourth-order valence-electron chi connectivity index (χ4n) is 2.02. The van der Waals surface area contributed by atoms with Crippen LogP contribution in [0.15, 0.2) is 17.0 Å². The number of hydrogen-bond acceptors (Lipinski definition) is 4. The molecule has 0 radical (unpaired) electrons. The first-order chi connectivity index (χ1) is 9.71. The molecular weight excluding hydrogens is 303 g/mol. The Morgan fingerprint density at radius 2 is 2.10 bits per heavy atom. The third kappa shape index (κ3) is 3.03. The minimum absolute atomic E-state index is 0.184. The molecule has 1 aromatic rings. The molecule has 0 aliphatic carbocycles. The highest BCUT2D eigenvalue weighted by Crippen LogP contribution is 2.29. The second-order valence-electron chi connectivity index (χ2n) is 4.64. The average Bonchev–Trinajstić information content (AvgIpc) is 2.36. The molecule has 114 valence electrons. The zero-order valence-electron chi connectivity index (χ0n) is 11.1. The number of hydrogen-bond donors (Lipinski definition) is 2. The van der Waals surface area contributed by atoms with E-state index in [1.165, 1.54) is 0 Å². The molecule has 1 heterocycles. The minimum Gasteiger partial charge on any atom is -0.480 e. The third-order valence-corrected chi connectivity index (χ3v) is 4.92. The summed E-state index contributed by atoms with van der Waals surface area (Å²) in [6.45, 7) is -0.768. The Labute approximate surface area is 120 Å². The quantitative estimate of drug-likeness (QED) is 0.837. The molecule has 2 N–H and O–H groups in total. The number of carboxylic acid groups (broad SMARTS) is 1. The number of nitrogens with one attached hydrogen (secondary N) is 1. The molecule has 2 rings (SSSR count). The van der Waals surface area contributed by atoms with Crippen LogP contribution in [0.3, 0.4) is 0 Å². The molecular formula is C12H13FN2O5S. The molecule has 1 aliphatic rings. The number of sulfonamides is 1. The van der Waals surface area contributed by atoms with Gasteiger partial charge in [0.2, 0.25) is 15.9 Å². The summed E-state index contributed by atoms with van der Waals surface area (Å²) < 4.78 is 38.9. The lowest BCUT2D eigenvalue weighted by Crippen LogP contribution is -2.33. The van der Waals surface area contributed by atoms with Crippen LogP contribution >= 0.6 is 0 Å². The molecule has 21 heavy (non-hydrogen) atoms. The number of aliphatic carboxylic acids is 1. The smallest absolute Gasteiger partial charge is 0.318 e. The van der Waals surface area contributed by atoms with Crippen molar-refractivity contribution in [3.8, 4) is 0 Å². The van der Waals surface area contributed by atoms with E-state index >= 15 is 0 Å². The van der Waals surface area contributed by atoms with Crippen LogP contribution in [-0.2, 0) is 26.0 Å². The van der Waals surface area contributed by atoms with Crippen LogP contribution in [0.5, 0.6) is 0 Å². The molecule has 0 bridgehead atoms. The van der Waals surface area contributed by atoms with Gasteiger partial charge in [0, 0.05) is 19.2 Å². The predicted octanol–water partition coefficient (Wildman–Crippen LogP) is 0.416. The summed E-state index contributed by atoms with van der Waals surface area (Å²) in [6, 6.07) is 2.08. The lowest BCUT2D eigenvalue weighted by Gasteiger charge is -2.20. The topological polar surface area (TPSA) is 104 Å². The van der Waals surface area contributed by atoms with E-state index in [0.29, 0.717) is 16.3 Å². The van der Waals surface area contributed by atoms with Gasteiger partial charge in [-0.15, -0.1) is 0 Å². The molecule has 7 nitrogen and oxygen atoms in total. The fourth-order valence-corrected chi connectivity index (χ4v) is 3.23. The maximum Gasteiger partial charge on any atom is 0.318 e. The van der Waals surface area contributed by atoms with Crippen molar-refractivity contribution in [2.24, 2.45) is 0 Å². The van der Waals surface area contributed by atoms with E-state index in [-0.39, 0.29) is 18.0 Å². The fraction of sp³-hybridized carbons (Fsp3) is 0.333. The summed E-state index contributed by atoms with van der Waals surface area (Å²) in [5.41, 5.74) is 0.738. The zero-order chi connectivity index (χ0) is 15.8. The van der Waals surface area contributed by atoms with E-state index in [2.05, 4.69) is 5.32 Å². The first-order valence-corrected chi connectivity index (χ1v) is 7.46. The maximum absolute atomic E-state index is 14.0. The SMILES string of the molecule is CN(CC(=O)O)S(=O)(=O)c1cc2c(cc1F)NC(=O)CC2. The van der Waals surface area contributed by atoms with E-state index in [9.17, 15) is 22.4 Å². The molecule has 0 aromatic heterocycles. The average molecular weight is 316 g/mol. The Morgan fingerprint density at radius 3 is 2.71 bits per heavy atom. The van der Waals surface area contributed by atoms with Crippen LogP contribution in [-0.4, -0.2) is 43.3 Å².